The van der Waals surface area contributed by atoms with Gasteiger partial charge >= 0.3 is 0 Å². The summed E-state index contributed by atoms with van der Waals surface area (Å²) in [5.41, 5.74) is 2.66. The Hall–Kier alpha value is -2.00. The van der Waals surface area contributed by atoms with Crippen LogP contribution in [0.2, 0.25) is 5.02 Å². The van der Waals surface area contributed by atoms with Crippen LogP contribution in [-0.2, 0) is 0 Å². The highest BCUT2D eigenvalue weighted by Crippen LogP contribution is 2.25. The van der Waals surface area contributed by atoms with Crippen molar-refractivity contribution in [1.82, 2.24) is 0 Å². The Morgan fingerprint density at radius 2 is 1.74 bits per heavy atom. The van der Waals surface area contributed by atoms with Crippen LogP contribution in [0.5, 0.6) is 5.75 Å². The number of halogens is 1. The molecule has 0 bridgehead atoms. The Balaban J connectivity index is 2.25. The number of anilines is 1. The van der Waals surface area contributed by atoms with E-state index < -0.39 is 0 Å². The van der Waals surface area contributed by atoms with Crippen LogP contribution >= 0.6 is 11.6 Å². The minimum Gasteiger partial charge on any atom is -0.507 e. The minimum absolute atomic E-state index is 0.0410. The summed E-state index contributed by atoms with van der Waals surface area (Å²) in [6.45, 7) is 3.77. The maximum atomic E-state index is 12.1. The largest absolute Gasteiger partial charge is 0.507 e. The molecule has 0 radical (unpaired) electrons. The first-order valence-corrected chi connectivity index (χ1v) is 6.22. The number of amides is 1. The zero-order chi connectivity index (χ0) is 14.0. The van der Waals surface area contributed by atoms with Crippen LogP contribution in [0, 0.1) is 13.8 Å². The third kappa shape index (κ3) is 3.06. The molecule has 4 heteroatoms. The number of aromatic hydroxyl groups is 1. The van der Waals surface area contributed by atoms with Gasteiger partial charge in [0.2, 0.25) is 0 Å². The fourth-order valence-electron chi connectivity index (χ4n) is 1.74. The summed E-state index contributed by atoms with van der Waals surface area (Å²) in [5.74, 6) is -0.427. The van der Waals surface area contributed by atoms with Gasteiger partial charge in [-0.1, -0.05) is 23.7 Å². The Morgan fingerprint density at radius 3 is 2.37 bits per heavy atom. The minimum atomic E-state index is -0.386. The van der Waals surface area contributed by atoms with Gasteiger partial charge in [-0.05, 0) is 49.2 Å². The van der Waals surface area contributed by atoms with Crippen molar-refractivity contribution in [3.63, 3.8) is 0 Å². The topological polar surface area (TPSA) is 49.3 Å². The van der Waals surface area contributed by atoms with Gasteiger partial charge in [0.05, 0.1) is 16.3 Å². The SMILES string of the molecule is Cc1ccc(C(=O)Nc2ccc(C)cc2Cl)c(O)c1. The van der Waals surface area contributed by atoms with Crippen LogP contribution in [0.15, 0.2) is 36.4 Å². The first-order valence-electron chi connectivity index (χ1n) is 5.84. The molecule has 3 nitrogen and oxygen atoms in total. The van der Waals surface area contributed by atoms with Gasteiger partial charge in [0.1, 0.15) is 5.75 Å². The zero-order valence-corrected chi connectivity index (χ0v) is 11.5. The summed E-state index contributed by atoms with van der Waals surface area (Å²) < 4.78 is 0. The molecule has 0 unspecified atom stereocenters. The van der Waals surface area contributed by atoms with E-state index in [9.17, 15) is 9.90 Å². The fourth-order valence-corrected chi connectivity index (χ4v) is 2.03. The Bertz CT molecular complexity index is 638. The molecular formula is C15H14ClNO2. The number of rotatable bonds is 2. The second-order valence-corrected chi connectivity index (χ2v) is 4.87. The second-order valence-electron chi connectivity index (χ2n) is 4.46. The summed E-state index contributed by atoms with van der Waals surface area (Å²) >= 11 is 6.05. The lowest BCUT2D eigenvalue weighted by Crippen LogP contribution is -2.12. The standard InChI is InChI=1S/C15H14ClNO2/c1-9-4-6-13(12(16)7-9)17-15(19)11-5-3-10(2)8-14(11)18/h3-8,18H,1-2H3,(H,17,19). The van der Waals surface area contributed by atoms with Gasteiger partial charge in [-0.3, -0.25) is 4.79 Å². The van der Waals surface area contributed by atoms with E-state index in [0.717, 1.165) is 11.1 Å². The molecule has 0 aliphatic rings. The van der Waals surface area contributed by atoms with Crippen molar-refractivity contribution in [3.8, 4) is 5.75 Å². The Labute approximate surface area is 116 Å². The van der Waals surface area contributed by atoms with E-state index in [1.54, 1.807) is 30.3 Å². The summed E-state index contributed by atoms with van der Waals surface area (Å²) in [6.07, 6.45) is 0. The lowest BCUT2D eigenvalue weighted by molar-refractivity contribution is 0.102. The van der Waals surface area contributed by atoms with Crippen LogP contribution < -0.4 is 5.32 Å². The van der Waals surface area contributed by atoms with Crippen LogP contribution in [0.3, 0.4) is 0 Å². The number of hydrogen-bond donors (Lipinski definition) is 2. The van der Waals surface area contributed by atoms with Crippen molar-refractivity contribution in [1.29, 1.82) is 0 Å². The smallest absolute Gasteiger partial charge is 0.259 e. The van der Waals surface area contributed by atoms with Gasteiger partial charge in [0, 0.05) is 0 Å². The second kappa shape index (κ2) is 5.33. The molecule has 2 rings (SSSR count). The van der Waals surface area contributed by atoms with Crippen molar-refractivity contribution in [2.24, 2.45) is 0 Å². The van der Waals surface area contributed by atoms with Crippen molar-refractivity contribution >= 4 is 23.2 Å². The number of hydrogen-bond acceptors (Lipinski definition) is 2. The average molecular weight is 276 g/mol. The number of nitrogens with one attached hydrogen (secondary N) is 1. The first kappa shape index (κ1) is 13.4. The third-order valence-electron chi connectivity index (χ3n) is 2.77. The molecule has 0 fully saturated rings. The molecule has 2 aromatic carbocycles. The van der Waals surface area contributed by atoms with E-state index in [1.165, 1.54) is 0 Å². The molecule has 0 aliphatic carbocycles. The molecule has 0 saturated heterocycles. The van der Waals surface area contributed by atoms with E-state index in [4.69, 9.17) is 11.6 Å². The Kier molecular flexibility index (Phi) is 3.76. The highest BCUT2D eigenvalue weighted by Gasteiger charge is 2.12. The first-order chi connectivity index (χ1) is 8.97. The van der Waals surface area contributed by atoms with Crippen molar-refractivity contribution in [2.75, 3.05) is 5.32 Å². The number of phenols is 1. The van der Waals surface area contributed by atoms with Gasteiger partial charge in [-0.25, -0.2) is 0 Å². The molecular weight excluding hydrogens is 262 g/mol. The molecule has 0 saturated carbocycles. The van der Waals surface area contributed by atoms with Crippen molar-refractivity contribution < 1.29 is 9.90 Å². The summed E-state index contributed by atoms with van der Waals surface area (Å²) in [5, 5.41) is 12.9. The Morgan fingerprint density at radius 1 is 1.11 bits per heavy atom. The van der Waals surface area contributed by atoms with Gasteiger partial charge in [0.15, 0.2) is 0 Å². The van der Waals surface area contributed by atoms with Gasteiger partial charge < -0.3 is 10.4 Å². The van der Waals surface area contributed by atoms with Gasteiger partial charge in [-0.15, -0.1) is 0 Å². The zero-order valence-electron chi connectivity index (χ0n) is 10.7. The molecule has 0 spiro atoms. The maximum Gasteiger partial charge on any atom is 0.259 e. The van der Waals surface area contributed by atoms with Crippen LogP contribution in [0.1, 0.15) is 21.5 Å². The predicted molar refractivity (Wildman–Crippen MR) is 77.0 cm³/mol. The van der Waals surface area contributed by atoms with E-state index in [2.05, 4.69) is 5.32 Å². The number of phenolic OH excluding ortho intramolecular Hbond substituents is 1. The summed E-state index contributed by atoms with van der Waals surface area (Å²) in [4.78, 5) is 12.1. The highest BCUT2D eigenvalue weighted by molar-refractivity contribution is 6.34. The van der Waals surface area contributed by atoms with Crippen molar-refractivity contribution in [3.05, 3.63) is 58.1 Å². The van der Waals surface area contributed by atoms with Crippen LogP contribution in [0.4, 0.5) is 5.69 Å². The van der Waals surface area contributed by atoms with E-state index >= 15 is 0 Å². The maximum absolute atomic E-state index is 12.1. The molecule has 0 heterocycles. The van der Waals surface area contributed by atoms with E-state index in [1.807, 2.05) is 19.9 Å². The highest BCUT2D eigenvalue weighted by atomic mass is 35.5. The molecule has 2 aromatic rings. The molecule has 2 N–H and O–H groups in total. The quantitative estimate of drug-likeness (QED) is 0.873. The lowest BCUT2D eigenvalue weighted by Gasteiger charge is -2.09. The molecule has 0 atom stereocenters. The normalized spacial score (nSPS) is 10.3. The van der Waals surface area contributed by atoms with E-state index in [-0.39, 0.29) is 17.2 Å². The number of aryl methyl sites for hydroxylation is 2. The molecule has 19 heavy (non-hydrogen) atoms. The lowest BCUT2D eigenvalue weighted by atomic mass is 10.1. The number of benzene rings is 2. The predicted octanol–water partition coefficient (Wildman–Crippen LogP) is 3.91. The fraction of sp³-hybridized carbons (Fsp3) is 0.133. The van der Waals surface area contributed by atoms with Crippen molar-refractivity contribution in [2.45, 2.75) is 13.8 Å². The molecule has 1 amide bonds. The summed E-state index contributed by atoms with van der Waals surface area (Å²) in [7, 11) is 0. The van der Waals surface area contributed by atoms with Gasteiger partial charge in [0.25, 0.3) is 5.91 Å². The third-order valence-corrected chi connectivity index (χ3v) is 3.08. The van der Waals surface area contributed by atoms with Crippen LogP contribution in [0.25, 0.3) is 0 Å². The molecule has 0 aliphatic heterocycles. The monoisotopic (exact) mass is 275 g/mol. The number of carbonyl (C=O) groups is 1. The van der Waals surface area contributed by atoms with E-state index in [0.29, 0.717) is 10.7 Å². The average Bonchev–Trinajstić information content (AvgIpc) is 2.32. The molecule has 0 aromatic heterocycles. The van der Waals surface area contributed by atoms with Crippen LogP contribution in [-0.4, -0.2) is 11.0 Å². The molecule has 98 valence electrons. The van der Waals surface area contributed by atoms with Gasteiger partial charge in [-0.2, -0.15) is 0 Å². The number of carbonyl (C=O) groups excluding carboxylic acids is 1. The summed E-state index contributed by atoms with van der Waals surface area (Å²) in [6, 6.07) is 10.3.